The first-order chi connectivity index (χ1) is 6.77. The molecule has 0 unspecified atom stereocenters. The molecule has 2 heterocycles. The minimum atomic E-state index is 0.119. The van der Waals surface area contributed by atoms with Crippen LogP contribution in [0.2, 0.25) is 0 Å². The quantitative estimate of drug-likeness (QED) is 0.793. The summed E-state index contributed by atoms with van der Waals surface area (Å²) < 4.78 is 11.0. The molecule has 0 atom stereocenters. The van der Waals surface area contributed by atoms with Gasteiger partial charge in [0.05, 0.1) is 18.6 Å². The number of ether oxygens (including phenoxy) is 1. The molecular weight excluding hydrogens is 178 g/mol. The van der Waals surface area contributed by atoms with E-state index in [1.807, 2.05) is 13.0 Å². The average molecular weight is 195 g/mol. The first-order valence-electron chi connectivity index (χ1n) is 5.12. The maximum absolute atomic E-state index is 5.67. The summed E-state index contributed by atoms with van der Waals surface area (Å²) >= 11 is 0. The third-order valence-corrected chi connectivity index (χ3v) is 2.88. The Kier molecular flexibility index (Phi) is 2.61. The Balaban J connectivity index is 2.11. The van der Waals surface area contributed by atoms with Gasteiger partial charge < -0.3 is 14.9 Å². The number of rotatable bonds is 4. The molecule has 0 bridgehead atoms. The van der Waals surface area contributed by atoms with E-state index in [-0.39, 0.29) is 5.41 Å². The van der Waals surface area contributed by atoms with Gasteiger partial charge in [0.15, 0.2) is 0 Å². The molecule has 0 spiro atoms. The molecule has 78 valence electrons. The van der Waals surface area contributed by atoms with Gasteiger partial charge in [0.1, 0.15) is 11.5 Å². The molecule has 0 radical (unpaired) electrons. The van der Waals surface area contributed by atoms with Gasteiger partial charge in [-0.1, -0.05) is 0 Å². The van der Waals surface area contributed by atoms with Gasteiger partial charge >= 0.3 is 0 Å². The number of hydrogen-bond donors (Lipinski definition) is 1. The van der Waals surface area contributed by atoms with Crippen molar-refractivity contribution < 1.29 is 9.15 Å². The Bertz CT molecular complexity index is 302. The van der Waals surface area contributed by atoms with Gasteiger partial charge in [-0.2, -0.15) is 0 Å². The molecule has 0 aromatic carbocycles. The van der Waals surface area contributed by atoms with Crippen molar-refractivity contribution in [2.75, 3.05) is 19.8 Å². The van der Waals surface area contributed by atoms with Crippen LogP contribution in [-0.2, 0) is 10.2 Å². The second-order valence-corrected chi connectivity index (χ2v) is 4.08. The van der Waals surface area contributed by atoms with E-state index >= 15 is 0 Å². The highest BCUT2D eigenvalue weighted by molar-refractivity contribution is 5.20. The van der Waals surface area contributed by atoms with Crippen molar-refractivity contribution in [3.05, 3.63) is 23.7 Å². The maximum atomic E-state index is 5.67. The lowest BCUT2D eigenvalue weighted by molar-refractivity contribution is -0.0750. The van der Waals surface area contributed by atoms with Crippen molar-refractivity contribution in [1.29, 1.82) is 0 Å². The van der Waals surface area contributed by atoms with Gasteiger partial charge in [0.2, 0.25) is 0 Å². The summed E-state index contributed by atoms with van der Waals surface area (Å²) in [6.45, 7) is 4.26. The Hall–Kier alpha value is -0.800. The minimum absolute atomic E-state index is 0.119. The van der Waals surface area contributed by atoms with Crippen LogP contribution in [0.3, 0.4) is 0 Å². The van der Waals surface area contributed by atoms with Crippen molar-refractivity contribution in [2.45, 2.75) is 25.2 Å². The fraction of sp³-hybridized carbons (Fsp3) is 0.636. The number of hydrogen-bond acceptors (Lipinski definition) is 3. The normalized spacial score (nSPS) is 19.3. The minimum Gasteiger partial charge on any atom is -0.466 e. The number of aryl methyl sites for hydroxylation is 1. The van der Waals surface area contributed by atoms with Crippen LogP contribution in [0.25, 0.3) is 0 Å². The van der Waals surface area contributed by atoms with Crippen LogP contribution in [0.1, 0.15) is 24.4 Å². The maximum Gasteiger partial charge on any atom is 0.114 e. The van der Waals surface area contributed by atoms with Crippen molar-refractivity contribution in [3.8, 4) is 0 Å². The highest BCUT2D eigenvalue weighted by Crippen LogP contribution is 2.37. The second-order valence-electron chi connectivity index (χ2n) is 4.08. The fourth-order valence-corrected chi connectivity index (χ4v) is 1.92. The fourth-order valence-electron chi connectivity index (χ4n) is 1.92. The average Bonchev–Trinajstić information content (AvgIpc) is 2.51. The van der Waals surface area contributed by atoms with Gasteiger partial charge in [0.25, 0.3) is 0 Å². The summed E-state index contributed by atoms with van der Waals surface area (Å²) in [5, 5.41) is 0. The van der Waals surface area contributed by atoms with Crippen LogP contribution in [0.15, 0.2) is 16.5 Å². The van der Waals surface area contributed by atoms with E-state index in [2.05, 4.69) is 6.07 Å². The van der Waals surface area contributed by atoms with Crippen LogP contribution in [-0.4, -0.2) is 19.8 Å². The third-order valence-electron chi connectivity index (χ3n) is 2.88. The van der Waals surface area contributed by atoms with Gasteiger partial charge in [-0.05, 0) is 38.4 Å². The van der Waals surface area contributed by atoms with Crippen LogP contribution in [0.4, 0.5) is 0 Å². The van der Waals surface area contributed by atoms with E-state index in [0.717, 1.165) is 44.1 Å². The van der Waals surface area contributed by atoms with E-state index in [1.165, 1.54) is 0 Å². The highest BCUT2D eigenvalue weighted by Gasteiger charge is 2.42. The van der Waals surface area contributed by atoms with E-state index in [1.54, 1.807) is 0 Å². The Morgan fingerprint density at radius 2 is 2.21 bits per heavy atom. The van der Waals surface area contributed by atoms with Crippen molar-refractivity contribution >= 4 is 0 Å². The van der Waals surface area contributed by atoms with Gasteiger partial charge in [-0.15, -0.1) is 0 Å². The summed E-state index contributed by atoms with van der Waals surface area (Å²) in [6, 6.07) is 4.08. The van der Waals surface area contributed by atoms with Gasteiger partial charge in [-0.25, -0.2) is 0 Å². The molecule has 0 aliphatic carbocycles. The largest absolute Gasteiger partial charge is 0.466 e. The molecule has 2 N–H and O–H groups in total. The van der Waals surface area contributed by atoms with E-state index in [9.17, 15) is 0 Å². The smallest absolute Gasteiger partial charge is 0.114 e. The zero-order valence-electron chi connectivity index (χ0n) is 8.58. The molecule has 14 heavy (non-hydrogen) atoms. The monoisotopic (exact) mass is 195 g/mol. The predicted molar refractivity (Wildman–Crippen MR) is 54.2 cm³/mol. The van der Waals surface area contributed by atoms with Crippen LogP contribution in [0.5, 0.6) is 0 Å². The Morgan fingerprint density at radius 1 is 1.43 bits per heavy atom. The van der Waals surface area contributed by atoms with E-state index in [4.69, 9.17) is 14.9 Å². The molecule has 1 saturated heterocycles. The molecule has 1 aliphatic rings. The molecular formula is C11H17NO2. The van der Waals surface area contributed by atoms with Crippen molar-refractivity contribution in [1.82, 2.24) is 0 Å². The molecule has 0 amide bonds. The lowest BCUT2D eigenvalue weighted by Crippen LogP contribution is -2.46. The molecule has 1 fully saturated rings. The van der Waals surface area contributed by atoms with Crippen LogP contribution >= 0.6 is 0 Å². The molecule has 1 aliphatic heterocycles. The molecule has 1 aromatic rings. The van der Waals surface area contributed by atoms with Crippen LogP contribution < -0.4 is 5.73 Å². The van der Waals surface area contributed by atoms with Gasteiger partial charge in [-0.3, -0.25) is 0 Å². The SMILES string of the molecule is Cc1ccc(C2(CCCN)COC2)o1. The summed E-state index contributed by atoms with van der Waals surface area (Å²) in [5.41, 5.74) is 5.65. The molecule has 1 aromatic heterocycles. The zero-order valence-corrected chi connectivity index (χ0v) is 8.58. The summed E-state index contributed by atoms with van der Waals surface area (Å²) in [5.74, 6) is 2.04. The number of nitrogens with two attached hydrogens (primary N) is 1. The Labute approximate surface area is 84.2 Å². The molecule has 3 heteroatoms. The molecule has 0 saturated carbocycles. The standard InChI is InChI=1S/C11H17NO2/c1-9-3-4-10(14-9)11(5-2-6-12)7-13-8-11/h3-4H,2,5-8,12H2,1H3. The summed E-state index contributed by atoms with van der Waals surface area (Å²) in [4.78, 5) is 0. The molecule has 3 nitrogen and oxygen atoms in total. The highest BCUT2D eigenvalue weighted by atomic mass is 16.5. The first-order valence-corrected chi connectivity index (χ1v) is 5.12. The predicted octanol–water partition coefficient (Wildman–Crippen LogP) is 1.59. The summed E-state index contributed by atoms with van der Waals surface area (Å²) in [7, 11) is 0. The molecule has 2 rings (SSSR count). The third kappa shape index (κ3) is 1.57. The number of furan rings is 1. The zero-order chi connectivity index (χ0) is 10.0. The van der Waals surface area contributed by atoms with E-state index in [0.29, 0.717) is 0 Å². The van der Waals surface area contributed by atoms with Gasteiger partial charge in [0, 0.05) is 0 Å². The van der Waals surface area contributed by atoms with E-state index < -0.39 is 0 Å². The topological polar surface area (TPSA) is 48.4 Å². The Morgan fingerprint density at radius 3 is 2.64 bits per heavy atom. The van der Waals surface area contributed by atoms with Crippen molar-refractivity contribution in [2.24, 2.45) is 5.73 Å². The second kappa shape index (κ2) is 3.75. The summed E-state index contributed by atoms with van der Waals surface area (Å²) in [6.07, 6.45) is 2.10. The van der Waals surface area contributed by atoms with Crippen LogP contribution in [0, 0.1) is 6.92 Å². The lowest BCUT2D eigenvalue weighted by atomic mass is 9.79. The van der Waals surface area contributed by atoms with Crippen molar-refractivity contribution in [3.63, 3.8) is 0 Å². The lowest BCUT2D eigenvalue weighted by Gasteiger charge is -2.39. The first kappa shape index (κ1) is 9.74.